The minimum Gasteiger partial charge on any atom is -0.396 e. The Kier molecular flexibility index (Phi) is 5.24. The maximum Gasteiger partial charge on any atom is 0.0468 e. The Balaban J connectivity index is 2.71. The van der Waals surface area contributed by atoms with Gasteiger partial charge in [-0.25, -0.2) is 0 Å². The Labute approximate surface area is 88.2 Å². The van der Waals surface area contributed by atoms with Gasteiger partial charge in [0.15, 0.2) is 0 Å². The van der Waals surface area contributed by atoms with E-state index in [-0.39, 0.29) is 0 Å². The topological polar surface area (TPSA) is 20.2 Å². The standard InChI is InChI=1S/C13H24O/c1-3-6-12(9-10-14)13-8-5-4-7-11(13)2/h11,14H,3-10H2,1-2H3. The summed E-state index contributed by atoms with van der Waals surface area (Å²) in [6, 6.07) is 0. The van der Waals surface area contributed by atoms with E-state index in [1.165, 1.54) is 38.5 Å². The number of aliphatic hydroxyl groups is 1. The highest BCUT2D eigenvalue weighted by atomic mass is 16.2. The molecule has 1 aliphatic carbocycles. The smallest absolute Gasteiger partial charge is 0.0468 e. The normalized spacial score (nSPS) is 26.4. The van der Waals surface area contributed by atoms with E-state index in [1.807, 2.05) is 0 Å². The van der Waals surface area contributed by atoms with Crippen LogP contribution in [0.2, 0.25) is 0 Å². The fourth-order valence-electron chi connectivity index (χ4n) is 2.59. The molecule has 0 bridgehead atoms. The molecule has 0 radical (unpaired) electrons. The zero-order chi connectivity index (χ0) is 10.4. The number of hydrogen-bond donors (Lipinski definition) is 1. The minimum absolute atomic E-state index is 0.325. The summed E-state index contributed by atoms with van der Waals surface area (Å²) in [7, 11) is 0. The average molecular weight is 196 g/mol. The molecule has 1 rings (SSSR count). The third-order valence-electron chi connectivity index (χ3n) is 3.35. The summed E-state index contributed by atoms with van der Waals surface area (Å²) in [5.74, 6) is 0.775. The molecule has 0 aromatic heterocycles. The van der Waals surface area contributed by atoms with Crippen LogP contribution in [0.5, 0.6) is 0 Å². The van der Waals surface area contributed by atoms with Crippen LogP contribution in [-0.4, -0.2) is 11.7 Å². The Hall–Kier alpha value is -0.300. The average Bonchev–Trinajstić information content (AvgIpc) is 2.18. The van der Waals surface area contributed by atoms with Gasteiger partial charge in [0.1, 0.15) is 0 Å². The second-order valence-electron chi connectivity index (χ2n) is 4.50. The molecule has 1 atom stereocenters. The Bertz CT molecular complexity index is 185. The fraction of sp³-hybridized carbons (Fsp3) is 0.846. The van der Waals surface area contributed by atoms with Crippen molar-refractivity contribution < 1.29 is 5.11 Å². The lowest BCUT2D eigenvalue weighted by Gasteiger charge is -2.25. The van der Waals surface area contributed by atoms with Crippen molar-refractivity contribution in [1.29, 1.82) is 0 Å². The molecule has 0 amide bonds. The third-order valence-corrected chi connectivity index (χ3v) is 3.35. The monoisotopic (exact) mass is 196 g/mol. The quantitative estimate of drug-likeness (QED) is 0.680. The Morgan fingerprint density at radius 2 is 2.14 bits per heavy atom. The molecule has 1 heteroatoms. The predicted octanol–water partition coefficient (Wildman–Crippen LogP) is 3.68. The fourth-order valence-corrected chi connectivity index (χ4v) is 2.59. The summed E-state index contributed by atoms with van der Waals surface area (Å²) in [4.78, 5) is 0. The third kappa shape index (κ3) is 3.13. The molecule has 0 spiro atoms. The first-order valence-corrected chi connectivity index (χ1v) is 6.11. The zero-order valence-corrected chi connectivity index (χ0v) is 9.68. The van der Waals surface area contributed by atoms with Crippen LogP contribution in [0.1, 0.15) is 58.8 Å². The Morgan fingerprint density at radius 1 is 1.36 bits per heavy atom. The van der Waals surface area contributed by atoms with Gasteiger partial charge < -0.3 is 5.11 Å². The van der Waals surface area contributed by atoms with E-state index < -0.39 is 0 Å². The van der Waals surface area contributed by atoms with E-state index in [9.17, 15) is 0 Å². The van der Waals surface area contributed by atoms with E-state index in [0.717, 1.165) is 12.3 Å². The van der Waals surface area contributed by atoms with Crippen molar-refractivity contribution in [3.05, 3.63) is 11.1 Å². The molecule has 0 aliphatic heterocycles. The number of hydrogen-bond acceptors (Lipinski definition) is 1. The van der Waals surface area contributed by atoms with Gasteiger partial charge in [0.25, 0.3) is 0 Å². The largest absolute Gasteiger partial charge is 0.396 e. The molecule has 1 unspecified atom stereocenters. The maximum absolute atomic E-state index is 9.05. The van der Waals surface area contributed by atoms with Gasteiger partial charge in [-0.3, -0.25) is 0 Å². The predicted molar refractivity (Wildman–Crippen MR) is 61.3 cm³/mol. The molecule has 0 aromatic carbocycles. The molecule has 0 aromatic rings. The van der Waals surface area contributed by atoms with Crippen molar-refractivity contribution in [2.75, 3.05) is 6.61 Å². The molecule has 82 valence electrons. The molecule has 1 aliphatic rings. The molecule has 1 N–H and O–H groups in total. The van der Waals surface area contributed by atoms with Crippen LogP contribution in [0.3, 0.4) is 0 Å². The van der Waals surface area contributed by atoms with Crippen molar-refractivity contribution in [3.8, 4) is 0 Å². The number of rotatable bonds is 4. The summed E-state index contributed by atoms with van der Waals surface area (Å²) in [6.45, 7) is 4.90. The Morgan fingerprint density at radius 3 is 2.71 bits per heavy atom. The van der Waals surface area contributed by atoms with E-state index in [4.69, 9.17) is 5.11 Å². The summed E-state index contributed by atoms with van der Waals surface area (Å²) in [5, 5.41) is 9.05. The van der Waals surface area contributed by atoms with Gasteiger partial charge in [-0.05, 0) is 38.0 Å². The minimum atomic E-state index is 0.325. The van der Waals surface area contributed by atoms with Gasteiger partial charge in [-0.2, -0.15) is 0 Å². The van der Waals surface area contributed by atoms with Crippen LogP contribution in [0, 0.1) is 5.92 Å². The first-order chi connectivity index (χ1) is 6.79. The first kappa shape index (κ1) is 11.8. The molecule has 1 nitrogen and oxygen atoms in total. The van der Waals surface area contributed by atoms with Crippen LogP contribution < -0.4 is 0 Å². The lowest BCUT2D eigenvalue weighted by molar-refractivity contribution is 0.296. The summed E-state index contributed by atoms with van der Waals surface area (Å²) in [6.07, 6.45) is 8.71. The molecule has 1 fully saturated rings. The highest BCUT2D eigenvalue weighted by Crippen LogP contribution is 2.33. The molecule has 14 heavy (non-hydrogen) atoms. The van der Waals surface area contributed by atoms with Gasteiger partial charge in [0.2, 0.25) is 0 Å². The van der Waals surface area contributed by atoms with Gasteiger partial charge in [0.05, 0.1) is 0 Å². The van der Waals surface area contributed by atoms with Crippen LogP contribution in [0.15, 0.2) is 11.1 Å². The number of aliphatic hydroxyl groups excluding tert-OH is 1. The maximum atomic E-state index is 9.05. The lowest BCUT2D eigenvalue weighted by atomic mass is 9.81. The molecular weight excluding hydrogens is 172 g/mol. The lowest BCUT2D eigenvalue weighted by Crippen LogP contribution is -2.10. The van der Waals surface area contributed by atoms with E-state index >= 15 is 0 Å². The molecule has 1 saturated carbocycles. The summed E-state index contributed by atoms with van der Waals surface area (Å²) in [5.41, 5.74) is 3.23. The number of allylic oxidation sites excluding steroid dienone is 1. The summed E-state index contributed by atoms with van der Waals surface area (Å²) >= 11 is 0. The van der Waals surface area contributed by atoms with Crippen molar-refractivity contribution in [2.45, 2.75) is 58.8 Å². The van der Waals surface area contributed by atoms with Crippen molar-refractivity contribution in [1.82, 2.24) is 0 Å². The second kappa shape index (κ2) is 6.23. The van der Waals surface area contributed by atoms with Crippen LogP contribution >= 0.6 is 0 Å². The van der Waals surface area contributed by atoms with E-state index in [2.05, 4.69) is 13.8 Å². The van der Waals surface area contributed by atoms with E-state index in [0.29, 0.717) is 6.61 Å². The van der Waals surface area contributed by atoms with Gasteiger partial charge in [0, 0.05) is 6.61 Å². The second-order valence-corrected chi connectivity index (χ2v) is 4.50. The van der Waals surface area contributed by atoms with Crippen molar-refractivity contribution in [2.24, 2.45) is 5.92 Å². The molecular formula is C13H24O. The molecule has 0 saturated heterocycles. The highest BCUT2D eigenvalue weighted by molar-refractivity contribution is 5.18. The van der Waals surface area contributed by atoms with Crippen LogP contribution in [0.4, 0.5) is 0 Å². The summed E-state index contributed by atoms with van der Waals surface area (Å²) < 4.78 is 0. The molecule has 0 heterocycles. The van der Waals surface area contributed by atoms with E-state index in [1.54, 1.807) is 11.1 Å². The highest BCUT2D eigenvalue weighted by Gasteiger charge is 2.17. The van der Waals surface area contributed by atoms with Crippen molar-refractivity contribution >= 4 is 0 Å². The van der Waals surface area contributed by atoms with Gasteiger partial charge in [-0.1, -0.05) is 37.8 Å². The van der Waals surface area contributed by atoms with Crippen molar-refractivity contribution in [3.63, 3.8) is 0 Å². The first-order valence-electron chi connectivity index (χ1n) is 6.11. The van der Waals surface area contributed by atoms with Crippen LogP contribution in [-0.2, 0) is 0 Å². The van der Waals surface area contributed by atoms with Crippen LogP contribution in [0.25, 0.3) is 0 Å². The van der Waals surface area contributed by atoms with Gasteiger partial charge >= 0.3 is 0 Å². The SMILES string of the molecule is CCCC(CCO)=C1CCCCC1C. The van der Waals surface area contributed by atoms with Gasteiger partial charge in [-0.15, -0.1) is 0 Å². The zero-order valence-electron chi connectivity index (χ0n) is 9.68.